The standard InChI is InChI=1S/C48H59F2N9O8S/c1-30(51-2)46(61)53-44(31-6-4-3-5-7-31)48(63)57-17-15-56(16-18-57)47(62)40-23-32-22-36(49)37(50)25-39(32)59(40)27-43(60)58-19-20-64-28-33(58)29-65-42-24-35(67-54-42)26-55-13-9-34(10-14-55)66-41-8-12-52-38-11-21-68-45(38)41/h8,11-12,21-25,30-31,33-34,44,51H,3-7,9-10,13-20,26-29H2,1-2H3,(H,53,61)/t30-,33-,44-/m0/s1. The van der Waals surface area contributed by atoms with Gasteiger partial charge in [-0.3, -0.25) is 29.1 Å². The SMILES string of the molecule is CN[C@@H](C)C(=O)N[C@H](C(=O)N1CCN(C(=O)c2cc3cc(F)c(F)cc3n2CC(=O)N2CCOC[C@H]2COc2cc(CN3CCC(Oc4ccnc5ccsc45)CC3)on2)CC1)C1CCCCC1. The molecule has 2 N–H and O–H groups in total. The van der Waals surface area contributed by atoms with Crippen molar-refractivity contribution in [1.82, 2.24) is 44.9 Å². The molecule has 4 aromatic heterocycles. The van der Waals surface area contributed by atoms with Crippen molar-refractivity contribution in [3.05, 3.63) is 71.1 Å². The third kappa shape index (κ3) is 10.6. The quantitative estimate of drug-likeness (QED) is 0.147. The Bertz CT molecular complexity index is 2580. The van der Waals surface area contributed by atoms with Gasteiger partial charge in [-0.1, -0.05) is 19.3 Å². The van der Waals surface area contributed by atoms with Gasteiger partial charge in [0.25, 0.3) is 11.8 Å². The van der Waals surface area contributed by atoms with E-state index in [0.717, 1.165) is 86.1 Å². The van der Waals surface area contributed by atoms with Gasteiger partial charge in [0.1, 0.15) is 36.7 Å². The number of likely N-dealkylation sites (N-methyl/N-ethyl adjacent to an activating group) is 1. The van der Waals surface area contributed by atoms with Crippen LogP contribution in [0.2, 0.25) is 0 Å². The number of halogens is 2. The lowest BCUT2D eigenvalue weighted by atomic mass is 9.83. The topological polar surface area (TPSA) is 177 Å². The second-order valence-electron chi connectivity index (χ2n) is 18.2. The predicted octanol–water partition coefficient (Wildman–Crippen LogP) is 4.82. The van der Waals surface area contributed by atoms with Crippen molar-refractivity contribution in [2.24, 2.45) is 5.92 Å². The smallest absolute Gasteiger partial charge is 0.270 e. The minimum absolute atomic E-state index is 0.0220. The molecule has 364 valence electrons. The number of pyridine rings is 1. The molecular formula is C48H59F2N9O8S. The molecular weight excluding hydrogens is 901 g/mol. The van der Waals surface area contributed by atoms with Gasteiger partial charge in [0.15, 0.2) is 17.4 Å². The van der Waals surface area contributed by atoms with Crippen molar-refractivity contribution in [1.29, 1.82) is 0 Å². The number of morpholine rings is 1. The molecule has 3 saturated heterocycles. The predicted molar refractivity (Wildman–Crippen MR) is 248 cm³/mol. The fourth-order valence-corrected chi connectivity index (χ4v) is 10.7. The van der Waals surface area contributed by atoms with Crippen molar-refractivity contribution < 1.29 is 46.7 Å². The van der Waals surface area contributed by atoms with Gasteiger partial charge >= 0.3 is 0 Å². The average molecular weight is 960 g/mol. The highest BCUT2D eigenvalue weighted by atomic mass is 32.1. The molecule has 1 aliphatic carbocycles. The maximum Gasteiger partial charge on any atom is 0.270 e. The number of rotatable bonds is 15. The number of fused-ring (bicyclic) bond motifs is 2. The van der Waals surface area contributed by atoms with E-state index in [9.17, 15) is 28.0 Å². The number of carbonyl (C=O) groups excluding carboxylic acids is 4. The van der Waals surface area contributed by atoms with Gasteiger partial charge in [0.05, 0.1) is 47.6 Å². The van der Waals surface area contributed by atoms with Crippen LogP contribution in [0.15, 0.2) is 52.5 Å². The number of benzene rings is 1. The Balaban J connectivity index is 0.814. The molecule has 1 saturated carbocycles. The molecule has 7 heterocycles. The highest BCUT2D eigenvalue weighted by Gasteiger charge is 2.37. The van der Waals surface area contributed by atoms with E-state index >= 15 is 0 Å². The Morgan fingerprint density at radius 2 is 1.69 bits per heavy atom. The summed E-state index contributed by atoms with van der Waals surface area (Å²) in [5, 5.41) is 12.4. The molecule has 20 heteroatoms. The zero-order valence-electron chi connectivity index (χ0n) is 38.5. The van der Waals surface area contributed by atoms with E-state index in [0.29, 0.717) is 12.3 Å². The van der Waals surface area contributed by atoms with Crippen molar-refractivity contribution in [3.63, 3.8) is 0 Å². The fourth-order valence-electron chi connectivity index (χ4n) is 9.84. The number of nitrogens with one attached hydrogen (secondary N) is 2. The highest BCUT2D eigenvalue weighted by molar-refractivity contribution is 7.17. The summed E-state index contributed by atoms with van der Waals surface area (Å²) in [7, 11) is 1.69. The van der Waals surface area contributed by atoms with Crippen molar-refractivity contribution >= 4 is 56.1 Å². The summed E-state index contributed by atoms with van der Waals surface area (Å²) >= 11 is 1.63. The summed E-state index contributed by atoms with van der Waals surface area (Å²) in [6, 6.07) is 7.51. The van der Waals surface area contributed by atoms with Crippen LogP contribution in [0, 0.1) is 17.6 Å². The summed E-state index contributed by atoms with van der Waals surface area (Å²) in [5.74, 6) is -1.59. The molecule has 4 aliphatic rings. The van der Waals surface area contributed by atoms with E-state index in [4.69, 9.17) is 18.7 Å². The molecule has 68 heavy (non-hydrogen) atoms. The van der Waals surface area contributed by atoms with E-state index in [1.165, 1.54) is 10.6 Å². The molecule has 0 bridgehead atoms. The molecule has 3 atom stereocenters. The Hall–Kier alpha value is -5.70. The normalized spacial score (nSPS) is 19.9. The van der Waals surface area contributed by atoms with Gasteiger partial charge in [0.2, 0.25) is 17.7 Å². The minimum atomic E-state index is -1.11. The van der Waals surface area contributed by atoms with E-state index in [-0.39, 0.29) is 111 Å². The first-order valence-electron chi connectivity index (χ1n) is 23.7. The molecule has 17 nitrogen and oxygen atoms in total. The van der Waals surface area contributed by atoms with Gasteiger partial charge in [0, 0.05) is 69.5 Å². The Morgan fingerprint density at radius 1 is 0.926 bits per heavy atom. The summed E-state index contributed by atoms with van der Waals surface area (Å²) in [6.45, 7) is 5.19. The number of hydrogen-bond acceptors (Lipinski definition) is 13. The molecule has 0 unspecified atom stereocenters. The van der Waals surface area contributed by atoms with Crippen molar-refractivity contribution in [3.8, 4) is 11.6 Å². The number of aromatic nitrogens is 3. The van der Waals surface area contributed by atoms with Crippen LogP contribution in [-0.2, 0) is 32.2 Å². The number of thiophene rings is 1. The highest BCUT2D eigenvalue weighted by Crippen LogP contribution is 2.32. The summed E-state index contributed by atoms with van der Waals surface area (Å²) in [4.78, 5) is 67.2. The van der Waals surface area contributed by atoms with Gasteiger partial charge < -0.3 is 48.6 Å². The van der Waals surface area contributed by atoms with Gasteiger partial charge in [-0.2, -0.15) is 0 Å². The van der Waals surface area contributed by atoms with Crippen LogP contribution in [0.1, 0.15) is 68.1 Å². The third-order valence-electron chi connectivity index (χ3n) is 13.9. The van der Waals surface area contributed by atoms with Crippen LogP contribution in [0.4, 0.5) is 8.78 Å². The van der Waals surface area contributed by atoms with Gasteiger partial charge in [-0.15, -0.1) is 11.3 Å². The number of piperidine rings is 1. The van der Waals surface area contributed by atoms with Crippen molar-refractivity contribution in [2.75, 3.05) is 72.7 Å². The van der Waals surface area contributed by atoms with Crippen LogP contribution >= 0.6 is 11.3 Å². The third-order valence-corrected chi connectivity index (χ3v) is 14.8. The van der Waals surface area contributed by atoms with Gasteiger partial charge in [-0.05, 0) is 80.4 Å². The number of piperazine rings is 1. The first-order valence-corrected chi connectivity index (χ1v) is 24.6. The van der Waals surface area contributed by atoms with Crippen LogP contribution in [0.3, 0.4) is 0 Å². The monoisotopic (exact) mass is 959 g/mol. The zero-order valence-corrected chi connectivity index (χ0v) is 39.3. The zero-order chi connectivity index (χ0) is 47.3. The second-order valence-corrected chi connectivity index (χ2v) is 19.2. The Morgan fingerprint density at radius 3 is 2.47 bits per heavy atom. The number of hydrogen-bond donors (Lipinski definition) is 2. The van der Waals surface area contributed by atoms with Crippen LogP contribution in [-0.4, -0.2) is 155 Å². The molecule has 4 amide bonds. The lowest BCUT2D eigenvalue weighted by Crippen LogP contribution is -2.59. The molecule has 0 spiro atoms. The average Bonchev–Trinajstić information content (AvgIpc) is 4.12. The first kappa shape index (κ1) is 47.4. The number of ether oxygens (including phenoxy) is 3. The number of amides is 4. The summed E-state index contributed by atoms with van der Waals surface area (Å²) in [6.07, 6.45) is 8.37. The van der Waals surface area contributed by atoms with Crippen LogP contribution in [0.25, 0.3) is 21.1 Å². The molecule has 1 aromatic carbocycles. The van der Waals surface area contributed by atoms with E-state index in [1.807, 2.05) is 17.5 Å². The maximum absolute atomic E-state index is 14.8. The number of nitrogens with zero attached hydrogens (tertiary/aromatic N) is 7. The Labute approximate surface area is 397 Å². The summed E-state index contributed by atoms with van der Waals surface area (Å²) in [5.41, 5.74) is 1.22. The maximum atomic E-state index is 14.8. The van der Waals surface area contributed by atoms with E-state index in [2.05, 4.69) is 25.7 Å². The molecule has 3 aliphatic heterocycles. The van der Waals surface area contributed by atoms with Crippen molar-refractivity contribution in [2.45, 2.75) is 89.2 Å². The minimum Gasteiger partial charge on any atom is -0.489 e. The number of likely N-dealkylation sites (tertiary alicyclic amines) is 1. The molecule has 9 rings (SSSR count). The van der Waals surface area contributed by atoms with Gasteiger partial charge in [-0.25, -0.2) is 8.78 Å². The lowest BCUT2D eigenvalue weighted by molar-refractivity contribution is -0.142. The van der Waals surface area contributed by atoms with E-state index in [1.54, 1.807) is 52.3 Å². The molecule has 0 radical (unpaired) electrons. The largest absolute Gasteiger partial charge is 0.489 e. The Kier molecular flexibility index (Phi) is 14.8. The fraction of sp³-hybridized carbons (Fsp3) is 0.542. The van der Waals surface area contributed by atoms with Crippen LogP contribution < -0.4 is 20.1 Å². The molecule has 5 aromatic rings. The second kappa shape index (κ2) is 21.3. The van der Waals surface area contributed by atoms with E-state index < -0.39 is 35.7 Å². The summed E-state index contributed by atoms with van der Waals surface area (Å²) < 4.78 is 55.7. The lowest BCUT2D eigenvalue weighted by Gasteiger charge is -2.39. The van der Waals surface area contributed by atoms with Crippen LogP contribution in [0.5, 0.6) is 11.6 Å². The first-order chi connectivity index (χ1) is 33.0. The number of carbonyl (C=O) groups is 4. The molecule has 4 fully saturated rings.